The van der Waals surface area contributed by atoms with Gasteiger partial charge in [0, 0.05) is 6.42 Å². The molecule has 1 nitrogen and oxygen atoms in total. The molecule has 1 saturated heterocycles. The molecule has 1 heterocycles. The Hall–Kier alpha value is 0.540. The predicted molar refractivity (Wildman–Crippen MR) is 34.2 cm³/mol. The van der Waals surface area contributed by atoms with Crippen LogP contribution in [0.15, 0.2) is 0 Å². The summed E-state index contributed by atoms with van der Waals surface area (Å²) in [6, 6.07) is 0. The molecule has 0 bridgehead atoms. The van der Waals surface area contributed by atoms with Crippen molar-refractivity contribution in [1.29, 1.82) is 0 Å². The van der Waals surface area contributed by atoms with Gasteiger partial charge in [-0.3, -0.25) is 0 Å². The second kappa shape index (κ2) is 2.05. The number of ether oxygens (including phenoxy) is 1. The van der Waals surface area contributed by atoms with Crippen molar-refractivity contribution in [2.45, 2.75) is 30.4 Å². The first-order valence-electron chi connectivity index (χ1n) is 2.69. The molecule has 0 saturated carbocycles. The zero-order valence-corrected chi connectivity index (χ0v) is 6.17. The van der Waals surface area contributed by atoms with Crippen LogP contribution in [0.3, 0.4) is 0 Å². The van der Waals surface area contributed by atoms with Gasteiger partial charge in [0.05, 0.1) is 6.10 Å². The molecule has 1 atom stereocenters. The van der Waals surface area contributed by atoms with Crippen molar-refractivity contribution < 1.29 is 4.74 Å². The average molecular weight is 155 g/mol. The zero-order valence-electron chi connectivity index (χ0n) is 4.66. The van der Waals surface area contributed by atoms with E-state index in [4.69, 9.17) is 27.9 Å². The molecule has 48 valence electrons. The lowest BCUT2D eigenvalue weighted by molar-refractivity contribution is -0.106. The maximum absolute atomic E-state index is 5.52. The highest BCUT2D eigenvalue weighted by atomic mass is 35.5. The highest BCUT2D eigenvalue weighted by Crippen LogP contribution is 2.41. The third-order valence-electron chi connectivity index (χ3n) is 1.26. The van der Waals surface area contributed by atoms with Gasteiger partial charge in [-0.2, -0.15) is 0 Å². The molecule has 1 aliphatic rings. The van der Waals surface area contributed by atoms with Crippen LogP contribution in [0, 0.1) is 0 Å². The van der Waals surface area contributed by atoms with Crippen LogP contribution in [0.25, 0.3) is 0 Å². The largest absolute Gasteiger partial charge is 0.343 e. The lowest BCUT2D eigenvalue weighted by atomic mass is 10.1. The minimum absolute atomic E-state index is 0.296. The van der Waals surface area contributed by atoms with Gasteiger partial charge < -0.3 is 4.74 Å². The van der Waals surface area contributed by atoms with Crippen LogP contribution in [0.1, 0.15) is 19.8 Å². The smallest absolute Gasteiger partial charge is 0.220 e. The SMILES string of the molecule is CCC1CC(Cl)(Cl)O1. The minimum Gasteiger partial charge on any atom is -0.343 e. The van der Waals surface area contributed by atoms with Gasteiger partial charge in [-0.25, -0.2) is 0 Å². The molecule has 0 aromatic rings. The zero-order chi connectivity index (χ0) is 6.20. The topological polar surface area (TPSA) is 9.23 Å². The molecular weight excluding hydrogens is 147 g/mol. The Balaban J connectivity index is 2.21. The van der Waals surface area contributed by atoms with Crippen LogP contribution in [0.5, 0.6) is 0 Å². The van der Waals surface area contributed by atoms with Gasteiger partial charge in [-0.15, -0.1) is 0 Å². The van der Waals surface area contributed by atoms with E-state index in [0.29, 0.717) is 6.10 Å². The molecule has 1 rings (SSSR count). The van der Waals surface area contributed by atoms with Gasteiger partial charge in [-0.1, -0.05) is 30.1 Å². The standard InChI is InChI=1S/C5H8Cl2O/c1-2-4-3-5(6,7)8-4/h4H,2-3H2,1H3. The predicted octanol–water partition coefficient (Wildman–Crippen LogP) is 2.32. The van der Waals surface area contributed by atoms with Crippen molar-refractivity contribution >= 4 is 23.2 Å². The summed E-state index contributed by atoms with van der Waals surface area (Å²) in [6.45, 7) is 2.05. The first-order valence-corrected chi connectivity index (χ1v) is 3.45. The third kappa shape index (κ3) is 1.28. The fourth-order valence-corrected chi connectivity index (χ4v) is 1.32. The van der Waals surface area contributed by atoms with Gasteiger partial charge in [-0.05, 0) is 6.42 Å². The molecule has 0 aromatic heterocycles. The van der Waals surface area contributed by atoms with Crippen molar-refractivity contribution in [1.82, 2.24) is 0 Å². The summed E-state index contributed by atoms with van der Waals surface area (Å²) in [7, 11) is 0. The average Bonchev–Trinajstić information content (AvgIpc) is 1.60. The number of hydrogen-bond donors (Lipinski definition) is 0. The molecule has 1 unspecified atom stereocenters. The Morgan fingerprint density at radius 3 is 2.38 bits per heavy atom. The Morgan fingerprint density at radius 1 is 1.75 bits per heavy atom. The Labute approximate surface area is 58.9 Å². The number of halogens is 2. The molecule has 0 aliphatic carbocycles. The van der Waals surface area contributed by atoms with Crippen molar-refractivity contribution in [3.63, 3.8) is 0 Å². The van der Waals surface area contributed by atoms with E-state index in [1.54, 1.807) is 0 Å². The summed E-state index contributed by atoms with van der Waals surface area (Å²) in [5, 5.41) is 0. The van der Waals surface area contributed by atoms with Crippen LogP contribution in [0.4, 0.5) is 0 Å². The van der Waals surface area contributed by atoms with Gasteiger partial charge in [0.15, 0.2) is 0 Å². The summed E-state index contributed by atoms with van der Waals surface area (Å²) in [4.78, 5) is 0. The fraction of sp³-hybridized carbons (Fsp3) is 1.00. The van der Waals surface area contributed by atoms with E-state index in [1.165, 1.54) is 0 Å². The van der Waals surface area contributed by atoms with E-state index in [2.05, 4.69) is 0 Å². The van der Waals surface area contributed by atoms with Crippen molar-refractivity contribution in [2.75, 3.05) is 0 Å². The maximum Gasteiger partial charge on any atom is 0.220 e. The van der Waals surface area contributed by atoms with Crippen LogP contribution >= 0.6 is 23.2 Å². The van der Waals surface area contributed by atoms with E-state index in [9.17, 15) is 0 Å². The fourth-order valence-electron chi connectivity index (χ4n) is 0.727. The quantitative estimate of drug-likeness (QED) is 0.528. The summed E-state index contributed by atoms with van der Waals surface area (Å²) in [5.41, 5.74) is 0. The van der Waals surface area contributed by atoms with Crippen LogP contribution in [0.2, 0.25) is 0 Å². The van der Waals surface area contributed by atoms with Crippen LogP contribution in [-0.2, 0) is 4.74 Å². The van der Waals surface area contributed by atoms with Crippen LogP contribution < -0.4 is 0 Å². The molecule has 1 aliphatic heterocycles. The van der Waals surface area contributed by atoms with Gasteiger partial charge in [0.2, 0.25) is 4.52 Å². The van der Waals surface area contributed by atoms with E-state index in [-0.39, 0.29) is 0 Å². The first kappa shape index (κ1) is 6.66. The first-order chi connectivity index (χ1) is 3.64. The van der Waals surface area contributed by atoms with E-state index >= 15 is 0 Å². The van der Waals surface area contributed by atoms with E-state index < -0.39 is 4.52 Å². The Bertz CT molecular complexity index is 84.4. The summed E-state index contributed by atoms with van der Waals surface area (Å²) in [5.74, 6) is 0. The molecule has 0 radical (unpaired) electrons. The highest BCUT2D eigenvalue weighted by molar-refractivity contribution is 6.47. The maximum atomic E-state index is 5.52. The second-order valence-corrected chi connectivity index (χ2v) is 3.40. The molecule has 1 fully saturated rings. The van der Waals surface area contributed by atoms with Crippen molar-refractivity contribution in [3.05, 3.63) is 0 Å². The van der Waals surface area contributed by atoms with E-state index in [0.717, 1.165) is 12.8 Å². The van der Waals surface area contributed by atoms with Gasteiger partial charge in [0.25, 0.3) is 0 Å². The van der Waals surface area contributed by atoms with E-state index in [1.807, 2.05) is 6.92 Å². The molecule has 8 heavy (non-hydrogen) atoms. The molecule has 0 spiro atoms. The Kier molecular flexibility index (Phi) is 1.71. The van der Waals surface area contributed by atoms with Gasteiger partial charge >= 0.3 is 0 Å². The number of alkyl halides is 2. The summed E-state index contributed by atoms with van der Waals surface area (Å²) >= 11 is 11.0. The normalized spacial score (nSPS) is 34.1. The highest BCUT2D eigenvalue weighted by Gasteiger charge is 2.40. The van der Waals surface area contributed by atoms with Gasteiger partial charge in [0.1, 0.15) is 0 Å². The summed E-state index contributed by atoms with van der Waals surface area (Å²) < 4.78 is 4.15. The minimum atomic E-state index is -0.860. The number of hydrogen-bond acceptors (Lipinski definition) is 1. The molecule has 3 heteroatoms. The Morgan fingerprint density at radius 2 is 2.25 bits per heavy atom. The third-order valence-corrected chi connectivity index (χ3v) is 1.75. The monoisotopic (exact) mass is 154 g/mol. The molecule has 0 amide bonds. The number of rotatable bonds is 1. The van der Waals surface area contributed by atoms with Crippen LogP contribution in [-0.4, -0.2) is 10.6 Å². The molecule has 0 aromatic carbocycles. The lowest BCUT2D eigenvalue weighted by Gasteiger charge is -2.37. The van der Waals surface area contributed by atoms with Crippen molar-refractivity contribution in [2.24, 2.45) is 0 Å². The lowest BCUT2D eigenvalue weighted by Crippen LogP contribution is -2.40. The van der Waals surface area contributed by atoms with Crippen molar-refractivity contribution in [3.8, 4) is 0 Å². The summed E-state index contributed by atoms with van der Waals surface area (Å²) in [6.07, 6.45) is 2.07. The molecule has 0 N–H and O–H groups in total. The second-order valence-electron chi connectivity index (χ2n) is 1.99. The molecular formula is C5H8Cl2O.